The normalized spacial score (nSPS) is 27.1. The maximum absolute atomic E-state index is 10.6. The molecule has 9 heavy (non-hydrogen) atoms. The molecule has 0 radical (unpaired) electrons. The molecule has 1 atom stereocenters. The highest BCUT2D eigenvalue weighted by molar-refractivity contribution is 5.79. The summed E-state index contributed by atoms with van der Waals surface area (Å²) < 4.78 is 0. The summed E-state index contributed by atoms with van der Waals surface area (Å²) in [6, 6.07) is 0. The van der Waals surface area contributed by atoms with Gasteiger partial charge in [-0.15, -0.1) is 0 Å². The van der Waals surface area contributed by atoms with Crippen molar-refractivity contribution in [1.29, 1.82) is 0 Å². The van der Waals surface area contributed by atoms with E-state index in [9.17, 15) is 4.79 Å². The van der Waals surface area contributed by atoms with Crippen molar-refractivity contribution in [2.75, 3.05) is 0 Å². The lowest BCUT2D eigenvalue weighted by molar-refractivity contribution is -0.122. The molecule has 0 aromatic rings. The van der Waals surface area contributed by atoms with Gasteiger partial charge in [0.2, 0.25) is 5.91 Å². The van der Waals surface area contributed by atoms with Crippen molar-refractivity contribution in [3.8, 4) is 0 Å². The van der Waals surface area contributed by atoms with Crippen LogP contribution in [0.3, 0.4) is 0 Å². The minimum atomic E-state index is -0.584. The molecule has 0 saturated heterocycles. The van der Waals surface area contributed by atoms with Gasteiger partial charge in [0.05, 0.1) is 12.5 Å². The van der Waals surface area contributed by atoms with Crippen LogP contribution >= 0.6 is 0 Å². The third-order valence-electron chi connectivity index (χ3n) is 1.17. The van der Waals surface area contributed by atoms with Gasteiger partial charge in [-0.1, -0.05) is 0 Å². The van der Waals surface area contributed by atoms with Crippen molar-refractivity contribution < 1.29 is 9.90 Å². The molecule has 0 aromatic heterocycles. The average molecular weight is 127 g/mol. The fourth-order valence-corrected chi connectivity index (χ4v) is 0.850. The van der Waals surface area contributed by atoms with Crippen molar-refractivity contribution in [3.05, 3.63) is 11.8 Å². The van der Waals surface area contributed by atoms with Gasteiger partial charge in [-0.25, -0.2) is 0 Å². The second kappa shape index (κ2) is 2.19. The molecular formula is C6H9NO2. The second-order valence-corrected chi connectivity index (χ2v) is 2.17. The predicted octanol–water partition coefficient (Wildman–Crippen LogP) is -0.229. The van der Waals surface area contributed by atoms with Gasteiger partial charge < -0.3 is 10.4 Å². The number of hydrogen-bond acceptors (Lipinski definition) is 2. The Bertz CT molecular complexity index is 162. The van der Waals surface area contributed by atoms with E-state index >= 15 is 0 Å². The van der Waals surface area contributed by atoms with E-state index in [1.807, 2.05) is 0 Å². The number of aliphatic hydroxyl groups excluding tert-OH is 1. The lowest BCUT2D eigenvalue weighted by Crippen LogP contribution is -2.30. The van der Waals surface area contributed by atoms with Crippen molar-refractivity contribution in [2.24, 2.45) is 0 Å². The van der Waals surface area contributed by atoms with Crippen LogP contribution in [0.15, 0.2) is 11.8 Å². The molecule has 0 spiro atoms. The highest BCUT2D eigenvalue weighted by Crippen LogP contribution is 2.03. The first-order chi connectivity index (χ1) is 4.18. The molecule has 2 N–H and O–H groups in total. The van der Waals surface area contributed by atoms with E-state index in [0.29, 0.717) is 0 Å². The molecule has 1 amide bonds. The number of rotatable bonds is 0. The van der Waals surface area contributed by atoms with Crippen LogP contribution in [0.25, 0.3) is 0 Å². The monoisotopic (exact) mass is 127 g/mol. The van der Waals surface area contributed by atoms with Crippen molar-refractivity contribution in [2.45, 2.75) is 19.4 Å². The van der Waals surface area contributed by atoms with Gasteiger partial charge in [0.1, 0.15) is 0 Å². The number of carbonyl (C=O) groups excluding carboxylic acids is 1. The molecule has 0 aliphatic carbocycles. The Labute approximate surface area is 53.4 Å². The first kappa shape index (κ1) is 6.29. The Morgan fingerprint density at radius 1 is 1.89 bits per heavy atom. The second-order valence-electron chi connectivity index (χ2n) is 2.17. The molecular weight excluding hydrogens is 118 g/mol. The summed E-state index contributed by atoms with van der Waals surface area (Å²) in [5.41, 5.74) is 0.735. The van der Waals surface area contributed by atoms with Crippen LogP contribution in [0.5, 0.6) is 0 Å². The first-order valence-electron chi connectivity index (χ1n) is 2.85. The zero-order chi connectivity index (χ0) is 6.85. The van der Waals surface area contributed by atoms with E-state index in [2.05, 4.69) is 5.32 Å². The molecule has 50 valence electrons. The lowest BCUT2D eigenvalue weighted by atomic mass is 10.1. The molecule has 1 aliphatic heterocycles. The minimum Gasteiger partial charge on any atom is -0.388 e. The van der Waals surface area contributed by atoms with Crippen LogP contribution in [0.4, 0.5) is 0 Å². The number of nitrogens with one attached hydrogen (secondary N) is 1. The van der Waals surface area contributed by atoms with Crippen LogP contribution in [0, 0.1) is 0 Å². The fourth-order valence-electron chi connectivity index (χ4n) is 0.850. The Balaban J connectivity index is 2.67. The molecule has 1 unspecified atom stereocenters. The third kappa shape index (κ3) is 1.54. The SMILES string of the molecule is CC1=CC(O)CC(=O)N1. The Kier molecular flexibility index (Phi) is 1.53. The number of amides is 1. The summed E-state index contributed by atoms with van der Waals surface area (Å²) in [4.78, 5) is 10.6. The van der Waals surface area contributed by atoms with Gasteiger partial charge >= 0.3 is 0 Å². The highest BCUT2D eigenvalue weighted by atomic mass is 16.3. The van der Waals surface area contributed by atoms with Crippen LogP contribution < -0.4 is 5.32 Å². The number of carbonyl (C=O) groups is 1. The van der Waals surface area contributed by atoms with Gasteiger partial charge in [-0.3, -0.25) is 4.79 Å². The average Bonchev–Trinajstić information content (AvgIpc) is 1.59. The molecule has 1 aliphatic rings. The van der Waals surface area contributed by atoms with E-state index in [1.165, 1.54) is 0 Å². The molecule has 0 bridgehead atoms. The number of allylic oxidation sites excluding steroid dienone is 1. The van der Waals surface area contributed by atoms with Crippen LogP contribution in [-0.2, 0) is 4.79 Å². The van der Waals surface area contributed by atoms with E-state index in [-0.39, 0.29) is 12.3 Å². The first-order valence-corrected chi connectivity index (χ1v) is 2.85. The molecule has 0 saturated carbocycles. The van der Waals surface area contributed by atoms with Gasteiger partial charge in [0.15, 0.2) is 0 Å². The van der Waals surface area contributed by atoms with Gasteiger partial charge in [0.25, 0.3) is 0 Å². The van der Waals surface area contributed by atoms with Gasteiger partial charge in [-0.05, 0) is 13.0 Å². The van der Waals surface area contributed by atoms with Crippen LogP contribution in [-0.4, -0.2) is 17.1 Å². The zero-order valence-electron chi connectivity index (χ0n) is 5.22. The zero-order valence-corrected chi connectivity index (χ0v) is 5.22. The van der Waals surface area contributed by atoms with Crippen molar-refractivity contribution in [1.82, 2.24) is 5.32 Å². The summed E-state index contributed by atoms with van der Waals surface area (Å²) in [7, 11) is 0. The summed E-state index contributed by atoms with van der Waals surface area (Å²) in [5, 5.41) is 11.5. The largest absolute Gasteiger partial charge is 0.388 e. The fraction of sp³-hybridized carbons (Fsp3) is 0.500. The van der Waals surface area contributed by atoms with E-state index in [1.54, 1.807) is 13.0 Å². The summed E-state index contributed by atoms with van der Waals surface area (Å²) in [6.45, 7) is 1.75. The quantitative estimate of drug-likeness (QED) is 0.472. The standard InChI is InChI=1S/C6H9NO2/c1-4-2-5(8)3-6(9)7-4/h2,5,8H,3H2,1H3,(H,7,9). The number of aliphatic hydroxyl groups is 1. The maximum Gasteiger partial charge on any atom is 0.227 e. The molecule has 0 aromatic carbocycles. The summed E-state index contributed by atoms with van der Waals surface area (Å²) in [6.07, 6.45) is 1.23. The van der Waals surface area contributed by atoms with E-state index in [0.717, 1.165) is 5.70 Å². The van der Waals surface area contributed by atoms with Crippen molar-refractivity contribution in [3.63, 3.8) is 0 Å². The topological polar surface area (TPSA) is 49.3 Å². The van der Waals surface area contributed by atoms with Crippen molar-refractivity contribution >= 4 is 5.91 Å². The Morgan fingerprint density at radius 2 is 2.56 bits per heavy atom. The molecule has 1 heterocycles. The van der Waals surface area contributed by atoms with Crippen LogP contribution in [0.2, 0.25) is 0 Å². The maximum atomic E-state index is 10.6. The van der Waals surface area contributed by atoms with E-state index < -0.39 is 6.10 Å². The summed E-state index contributed by atoms with van der Waals surface area (Å²) >= 11 is 0. The third-order valence-corrected chi connectivity index (χ3v) is 1.17. The molecule has 1 rings (SSSR count). The predicted molar refractivity (Wildman–Crippen MR) is 32.5 cm³/mol. The molecule has 3 nitrogen and oxygen atoms in total. The summed E-state index contributed by atoms with van der Waals surface area (Å²) in [5.74, 6) is -0.109. The Hall–Kier alpha value is -0.830. The Morgan fingerprint density at radius 3 is 3.00 bits per heavy atom. The minimum absolute atomic E-state index is 0.109. The lowest BCUT2D eigenvalue weighted by Gasteiger charge is -2.14. The van der Waals surface area contributed by atoms with Gasteiger partial charge in [-0.2, -0.15) is 0 Å². The number of hydrogen-bond donors (Lipinski definition) is 2. The van der Waals surface area contributed by atoms with Crippen LogP contribution in [0.1, 0.15) is 13.3 Å². The molecule has 0 fully saturated rings. The smallest absolute Gasteiger partial charge is 0.227 e. The molecule has 3 heteroatoms. The highest BCUT2D eigenvalue weighted by Gasteiger charge is 2.13. The van der Waals surface area contributed by atoms with E-state index in [4.69, 9.17) is 5.11 Å². The van der Waals surface area contributed by atoms with Gasteiger partial charge in [0, 0.05) is 5.70 Å².